The third kappa shape index (κ3) is 2.20. The number of amides is 2. The lowest BCUT2D eigenvalue weighted by Gasteiger charge is -2.19. The summed E-state index contributed by atoms with van der Waals surface area (Å²) < 4.78 is 5.43. The van der Waals surface area contributed by atoms with E-state index in [0.29, 0.717) is 24.1 Å². The Balaban J connectivity index is 1.92. The predicted octanol–water partition coefficient (Wildman–Crippen LogP) is 3.06. The summed E-state index contributed by atoms with van der Waals surface area (Å²) in [7, 11) is 0. The zero-order valence-electron chi connectivity index (χ0n) is 12.8. The molecule has 2 heterocycles. The maximum Gasteiger partial charge on any atom is 0.235 e. The molecule has 1 fully saturated rings. The van der Waals surface area contributed by atoms with Crippen molar-refractivity contribution in [2.75, 3.05) is 0 Å². The minimum absolute atomic E-state index is 0.225. The van der Waals surface area contributed by atoms with Crippen LogP contribution in [0.4, 0.5) is 0 Å². The number of aryl methyl sites for hydroxylation is 1. The molecule has 116 valence electrons. The van der Waals surface area contributed by atoms with Crippen LogP contribution in [0.15, 0.2) is 34.9 Å². The van der Waals surface area contributed by atoms with Gasteiger partial charge in [0.05, 0.1) is 11.3 Å². The first-order valence-electron chi connectivity index (χ1n) is 7.82. The quantitative estimate of drug-likeness (QED) is 0.738. The van der Waals surface area contributed by atoms with Gasteiger partial charge in [-0.25, -0.2) is 0 Å². The summed E-state index contributed by atoms with van der Waals surface area (Å²) in [5, 5.41) is 9.54. The normalized spacial score (nSPS) is 18.6. The highest BCUT2D eigenvalue weighted by molar-refractivity contribution is 6.10. The van der Waals surface area contributed by atoms with E-state index in [1.165, 1.54) is 5.56 Å². The smallest absolute Gasteiger partial charge is 0.235 e. The van der Waals surface area contributed by atoms with Gasteiger partial charge in [0, 0.05) is 6.42 Å². The first kappa shape index (κ1) is 13.9. The van der Waals surface area contributed by atoms with Gasteiger partial charge in [0.1, 0.15) is 5.69 Å². The Morgan fingerprint density at radius 1 is 1.26 bits per heavy atom. The molecular weight excluding hydrogens is 292 g/mol. The zero-order valence-corrected chi connectivity index (χ0v) is 12.8. The highest BCUT2D eigenvalue weighted by atomic mass is 16.5. The number of rotatable bonds is 2. The fourth-order valence-electron chi connectivity index (χ4n) is 3.26. The average Bonchev–Trinajstić information content (AvgIpc) is 2.98. The maximum atomic E-state index is 12.2. The number of carbonyl (C=O) groups is 2. The second-order valence-corrected chi connectivity index (χ2v) is 5.92. The van der Waals surface area contributed by atoms with Gasteiger partial charge in [-0.1, -0.05) is 36.3 Å². The molecular formula is C18H16N2O3. The molecule has 1 saturated heterocycles. The number of fused-ring (bicyclic) bond motifs is 3. The third-order valence-electron chi connectivity index (χ3n) is 4.52. The minimum Gasteiger partial charge on any atom is -0.356 e. The number of benzene rings is 2. The number of hydrogen-bond donors (Lipinski definition) is 1. The lowest BCUT2D eigenvalue weighted by molar-refractivity contribution is -0.134. The standard InChI is InChI=1S/C18H16N2O3/c1-2-10-3-5-12-11(9-10)4-7-14-16(12)17(20-23-14)13-6-8-15(21)19-18(13)22/h3-5,7,9,13H,2,6,8H2,1H3,(H,19,21,22)/t13-/m0/s1. The van der Waals surface area contributed by atoms with Crippen molar-refractivity contribution in [2.24, 2.45) is 0 Å². The average molecular weight is 308 g/mol. The third-order valence-corrected chi connectivity index (χ3v) is 4.52. The van der Waals surface area contributed by atoms with Gasteiger partial charge in [-0.3, -0.25) is 14.9 Å². The van der Waals surface area contributed by atoms with Crippen molar-refractivity contribution >= 4 is 33.6 Å². The van der Waals surface area contributed by atoms with E-state index in [9.17, 15) is 9.59 Å². The molecule has 5 heteroatoms. The van der Waals surface area contributed by atoms with Gasteiger partial charge in [0.25, 0.3) is 0 Å². The van der Waals surface area contributed by atoms with Crippen LogP contribution in [-0.4, -0.2) is 17.0 Å². The zero-order chi connectivity index (χ0) is 16.0. The molecule has 1 aromatic heterocycles. The van der Waals surface area contributed by atoms with Gasteiger partial charge in [0.2, 0.25) is 11.8 Å². The van der Waals surface area contributed by atoms with E-state index in [0.717, 1.165) is 22.6 Å². The van der Waals surface area contributed by atoms with Gasteiger partial charge >= 0.3 is 0 Å². The number of nitrogens with zero attached hydrogens (tertiary/aromatic N) is 1. The molecule has 1 N–H and O–H groups in total. The van der Waals surface area contributed by atoms with E-state index in [4.69, 9.17) is 4.52 Å². The molecule has 1 aliphatic heterocycles. The second-order valence-electron chi connectivity index (χ2n) is 5.92. The van der Waals surface area contributed by atoms with E-state index >= 15 is 0 Å². The molecule has 1 atom stereocenters. The van der Waals surface area contributed by atoms with Crippen LogP contribution in [0.1, 0.15) is 36.9 Å². The van der Waals surface area contributed by atoms with E-state index < -0.39 is 5.92 Å². The van der Waals surface area contributed by atoms with Gasteiger partial charge in [0.15, 0.2) is 5.58 Å². The van der Waals surface area contributed by atoms with Crippen LogP contribution in [0, 0.1) is 0 Å². The number of carbonyl (C=O) groups excluding carboxylic acids is 2. The minimum atomic E-state index is -0.439. The monoisotopic (exact) mass is 308 g/mol. The van der Waals surface area contributed by atoms with Crippen molar-refractivity contribution in [1.29, 1.82) is 0 Å². The maximum absolute atomic E-state index is 12.2. The Kier molecular flexibility index (Phi) is 3.15. The summed E-state index contributed by atoms with van der Waals surface area (Å²) in [5.41, 5.74) is 2.55. The summed E-state index contributed by atoms with van der Waals surface area (Å²) in [4.78, 5) is 23.5. The Bertz CT molecular complexity index is 942. The highest BCUT2D eigenvalue weighted by Crippen LogP contribution is 2.35. The molecule has 5 nitrogen and oxygen atoms in total. The van der Waals surface area contributed by atoms with Crippen LogP contribution in [0.5, 0.6) is 0 Å². The molecule has 0 saturated carbocycles. The van der Waals surface area contributed by atoms with Crippen LogP contribution in [0.3, 0.4) is 0 Å². The fraction of sp³-hybridized carbons (Fsp3) is 0.278. The van der Waals surface area contributed by atoms with E-state index in [-0.39, 0.29) is 11.8 Å². The number of piperidine rings is 1. The van der Waals surface area contributed by atoms with Crippen LogP contribution in [-0.2, 0) is 16.0 Å². The highest BCUT2D eigenvalue weighted by Gasteiger charge is 2.32. The van der Waals surface area contributed by atoms with Crippen molar-refractivity contribution in [3.8, 4) is 0 Å². The van der Waals surface area contributed by atoms with Crippen molar-refractivity contribution in [3.05, 3.63) is 41.6 Å². The first-order chi connectivity index (χ1) is 11.2. The summed E-state index contributed by atoms with van der Waals surface area (Å²) in [5.74, 6) is -0.958. The van der Waals surface area contributed by atoms with Crippen LogP contribution < -0.4 is 5.32 Å². The van der Waals surface area contributed by atoms with Crippen LogP contribution in [0.25, 0.3) is 21.7 Å². The van der Waals surface area contributed by atoms with Crippen molar-refractivity contribution in [2.45, 2.75) is 32.1 Å². The second kappa shape index (κ2) is 5.19. The van der Waals surface area contributed by atoms with E-state index in [1.807, 2.05) is 12.1 Å². The molecule has 23 heavy (non-hydrogen) atoms. The van der Waals surface area contributed by atoms with Crippen molar-refractivity contribution in [3.63, 3.8) is 0 Å². The molecule has 0 unspecified atom stereocenters. The molecule has 0 aliphatic carbocycles. The summed E-state index contributed by atoms with van der Waals surface area (Å²) >= 11 is 0. The molecule has 2 aromatic carbocycles. The molecule has 0 bridgehead atoms. The van der Waals surface area contributed by atoms with E-state index in [1.54, 1.807) is 0 Å². The van der Waals surface area contributed by atoms with Crippen molar-refractivity contribution < 1.29 is 14.1 Å². The number of hydrogen-bond acceptors (Lipinski definition) is 4. The molecule has 3 aromatic rings. The number of nitrogens with one attached hydrogen (secondary N) is 1. The van der Waals surface area contributed by atoms with Gasteiger partial charge in [-0.2, -0.15) is 0 Å². The topological polar surface area (TPSA) is 72.2 Å². The van der Waals surface area contributed by atoms with Gasteiger partial charge < -0.3 is 4.52 Å². The molecule has 1 aliphatic rings. The summed E-state index contributed by atoms with van der Waals surface area (Å²) in [6.45, 7) is 2.12. The molecule has 0 spiro atoms. The Hall–Kier alpha value is -2.69. The van der Waals surface area contributed by atoms with E-state index in [2.05, 4.69) is 35.6 Å². The Morgan fingerprint density at radius 2 is 2.13 bits per heavy atom. The largest absolute Gasteiger partial charge is 0.356 e. The summed E-state index contributed by atoms with van der Waals surface area (Å²) in [6, 6.07) is 10.2. The molecule has 4 rings (SSSR count). The Labute approximate surface area is 132 Å². The van der Waals surface area contributed by atoms with Gasteiger partial charge in [-0.15, -0.1) is 0 Å². The first-order valence-corrected chi connectivity index (χ1v) is 7.82. The molecule has 0 radical (unpaired) electrons. The van der Waals surface area contributed by atoms with Crippen LogP contribution in [0.2, 0.25) is 0 Å². The fourth-order valence-corrected chi connectivity index (χ4v) is 3.26. The van der Waals surface area contributed by atoms with Crippen LogP contribution >= 0.6 is 0 Å². The SMILES string of the molecule is CCc1ccc2c(ccc3onc([C@@H]4CCC(=O)NC4=O)c32)c1. The summed E-state index contributed by atoms with van der Waals surface area (Å²) in [6.07, 6.45) is 1.77. The number of aromatic nitrogens is 1. The number of imide groups is 1. The Morgan fingerprint density at radius 3 is 2.91 bits per heavy atom. The lowest BCUT2D eigenvalue weighted by Crippen LogP contribution is -2.39. The predicted molar refractivity (Wildman–Crippen MR) is 86.0 cm³/mol. The molecule has 2 amide bonds. The lowest BCUT2D eigenvalue weighted by atomic mass is 9.91. The van der Waals surface area contributed by atoms with Gasteiger partial charge in [-0.05, 0) is 35.2 Å². The van der Waals surface area contributed by atoms with Crippen molar-refractivity contribution in [1.82, 2.24) is 10.5 Å².